The van der Waals surface area contributed by atoms with Crippen molar-refractivity contribution in [1.82, 2.24) is 20.0 Å². The second kappa shape index (κ2) is 9.21. The van der Waals surface area contributed by atoms with Crippen LogP contribution in [0.4, 0.5) is 0 Å². The van der Waals surface area contributed by atoms with Gasteiger partial charge >= 0.3 is 0 Å². The first-order chi connectivity index (χ1) is 13.2. The zero-order valence-corrected chi connectivity index (χ0v) is 15.8. The highest BCUT2D eigenvalue weighted by Crippen LogP contribution is 2.19. The van der Waals surface area contributed by atoms with Crippen molar-refractivity contribution in [3.8, 4) is 5.69 Å². The van der Waals surface area contributed by atoms with Crippen LogP contribution in [0, 0.1) is 5.92 Å². The lowest BCUT2D eigenvalue weighted by atomic mass is 9.95. The molecule has 1 amide bonds. The second-order valence-corrected chi connectivity index (χ2v) is 6.92. The van der Waals surface area contributed by atoms with Gasteiger partial charge in [-0.1, -0.05) is 12.1 Å². The Hall–Kier alpha value is -2.83. The number of benzene rings is 1. The standard InChI is InChI=1S/C20H28N6O/c1-2-22-20(25-10-4-7-17(15-25)13-19(21)27)23-14-16-6-3-8-18(12-16)26-11-5-9-24-26/h3,5-6,8-9,11-12,17H,2,4,7,10,13-15H2,1H3,(H2,21,27)(H,22,23). The molecule has 2 aromatic rings. The number of nitrogens with two attached hydrogens (primary N) is 1. The summed E-state index contributed by atoms with van der Waals surface area (Å²) in [6, 6.07) is 10.1. The monoisotopic (exact) mass is 368 g/mol. The maximum absolute atomic E-state index is 11.3. The molecule has 2 heterocycles. The van der Waals surface area contributed by atoms with E-state index in [1.807, 2.05) is 29.1 Å². The van der Waals surface area contributed by atoms with Crippen molar-refractivity contribution in [1.29, 1.82) is 0 Å². The number of carbonyl (C=O) groups excluding carboxylic acids is 1. The number of nitrogens with zero attached hydrogens (tertiary/aromatic N) is 4. The molecule has 1 fully saturated rings. The Labute approximate surface area is 160 Å². The molecule has 3 N–H and O–H groups in total. The van der Waals surface area contributed by atoms with Gasteiger partial charge in [-0.15, -0.1) is 0 Å². The predicted molar refractivity (Wildman–Crippen MR) is 106 cm³/mol. The molecule has 1 aromatic carbocycles. The zero-order chi connectivity index (χ0) is 19.1. The van der Waals surface area contributed by atoms with Gasteiger partial charge in [0.2, 0.25) is 5.91 Å². The normalized spacial score (nSPS) is 17.7. The molecule has 1 aliphatic rings. The third kappa shape index (κ3) is 5.32. The van der Waals surface area contributed by atoms with Gasteiger partial charge in [-0.3, -0.25) is 4.79 Å². The number of piperidine rings is 1. The van der Waals surface area contributed by atoms with E-state index < -0.39 is 0 Å². The fraction of sp³-hybridized carbons (Fsp3) is 0.450. The lowest BCUT2D eigenvalue weighted by Crippen LogP contribution is -2.47. The van der Waals surface area contributed by atoms with Gasteiger partial charge in [0.1, 0.15) is 0 Å². The summed E-state index contributed by atoms with van der Waals surface area (Å²) in [4.78, 5) is 18.3. The molecule has 0 saturated carbocycles. The Kier molecular flexibility index (Phi) is 6.46. The fourth-order valence-electron chi connectivity index (χ4n) is 3.52. The van der Waals surface area contributed by atoms with Gasteiger partial charge in [-0.25, -0.2) is 9.67 Å². The quantitative estimate of drug-likeness (QED) is 0.602. The molecule has 1 unspecified atom stereocenters. The SMILES string of the molecule is CCNC(=NCc1cccc(-n2cccn2)c1)N1CCCC(CC(N)=O)C1. The van der Waals surface area contributed by atoms with Gasteiger partial charge < -0.3 is 16.0 Å². The van der Waals surface area contributed by atoms with Gasteiger partial charge in [0.25, 0.3) is 0 Å². The Bertz CT molecular complexity index is 771. The third-order valence-electron chi connectivity index (χ3n) is 4.73. The highest BCUT2D eigenvalue weighted by Gasteiger charge is 2.23. The van der Waals surface area contributed by atoms with E-state index in [0.29, 0.717) is 18.9 Å². The molecule has 3 rings (SSSR count). The number of amides is 1. The van der Waals surface area contributed by atoms with Crippen molar-refractivity contribution in [3.05, 3.63) is 48.3 Å². The summed E-state index contributed by atoms with van der Waals surface area (Å²) < 4.78 is 1.84. The zero-order valence-electron chi connectivity index (χ0n) is 15.8. The van der Waals surface area contributed by atoms with Crippen molar-refractivity contribution < 1.29 is 4.79 Å². The molecule has 0 radical (unpaired) electrons. The second-order valence-electron chi connectivity index (χ2n) is 6.92. The summed E-state index contributed by atoms with van der Waals surface area (Å²) in [7, 11) is 0. The van der Waals surface area contributed by atoms with Crippen molar-refractivity contribution in [2.24, 2.45) is 16.6 Å². The van der Waals surface area contributed by atoms with Gasteiger partial charge in [-0.05, 0) is 49.4 Å². The number of nitrogens with one attached hydrogen (secondary N) is 1. The van der Waals surface area contributed by atoms with Crippen LogP contribution in [0.2, 0.25) is 0 Å². The summed E-state index contributed by atoms with van der Waals surface area (Å²) in [5.41, 5.74) is 7.54. The summed E-state index contributed by atoms with van der Waals surface area (Å²) in [5.74, 6) is 0.985. The number of aromatic nitrogens is 2. The number of primary amides is 1. The Balaban J connectivity index is 1.70. The van der Waals surface area contributed by atoms with Crippen LogP contribution in [0.1, 0.15) is 31.7 Å². The molecule has 27 heavy (non-hydrogen) atoms. The van der Waals surface area contributed by atoms with Gasteiger partial charge in [0.15, 0.2) is 5.96 Å². The summed E-state index contributed by atoms with van der Waals surface area (Å²) >= 11 is 0. The van der Waals surface area contributed by atoms with Crippen molar-refractivity contribution in [2.75, 3.05) is 19.6 Å². The van der Waals surface area contributed by atoms with E-state index in [1.165, 1.54) is 0 Å². The average molecular weight is 368 g/mol. The molecule has 7 heteroatoms. The lowest BCUT2D eigenvalue weighted by molar-refractivity contribution is -0.119. The van der Waals surface area contributed by atoms with Crippen LogP contribution in [0.25, 0.3) is 5.69 Å². The van der Waals surface area contributed by atoms with Crippen LogP contribution < -0.4 is 11.1 Å². The first kappa shape index (κ1) is 18.9. The number of hydrogen-bond acceptors (Lipinski definition) is 3. The van der Waals surface area contributed by atoms with Crippen LogP contribution in [0.5, 0.6) is 0 Å². The minimum Gasteiger partial charge on any atom is -0.370 e. The Morgan fingerprint density at radius 2 is 2.30 bits per heavy atom. The van der Waals surface area contributed by atoms with E-state index >= 15 is 0 Å². The molecule has 7 nitrogen and oxygen atoms in total. The minimum atomic E-state index is -0.223. The molecule has 1 aliphatic heterocycles. The number of likely N-dealkylation sites (tertiary alicyclic amines) is 1. The van der Waals surface area contributed by atoms with Gasteiger partial charge in [0.05, 0.1) is 12.2 Å². The fourth-order valence-corrected chi connectivity index (χ4v) is 3.52. The number of aliphatic imine (C=N–C) groups is 1. The first-order valence-electron chi connectivity index (χ1n) is 9.56. The molecular formula is C20H28N6O. The van der Waals surface area contributed by atoms with Crippen molar-refractivity contribution in [2.45, 2.75) is 32.7 Å². The Morgan fingerprint density at radius 1 is 1.41 bits per heavy atom. The topological polar surface area (TPSA) is 88.5 Å². The molecule has 1 aromatic heterocycles. The van der Waals surface area contributed by atoms with Gasteiger partial charge in [-0.2, -0.15) is 5.10 Å². The first-order valence-corrected chi connectivity index (χ1v) is 9.56. The highest BCUT2D eigenvalue weighted by atomic mass is 16.1. The lowest BCUT2D eigenvalue weighted by Gasteiger charge is -2.34. The maximum atomic E-state index is 11.3. The van der Waals surface area contributed by atoms with E-state index in [-0.39, 0.29) is 5.91 Å². The predicted octanol–water partition coefficient (Wildman–Crippen LogP) is 1.93. The van der Waals surface area contributed by atoms with E-state index in [4.69, 9.17) is 10.7 Å². The van der Waals surface area contributed by atoms with Crippen LogP contribution in [0.3, 0.4) is 0 Å². The van der Waals surface area contributed by atoms with E-state index in [9.17, 15) is 4.79 Å². The van der Waals surface area contributed by atoms with Crippen LogP contribution in [-0.4, -0.2) is 46.2 Å². The minimum absolute atomic E-state index is 0.223. The van der Waals surface area contributed by atoms with E-state index in [0.717, 1.165) is 49.7 Å². The molecule has 0 aliphatic carbocycles. The van der Waals surface area contributed by atoms with Crippen LogP contribution in [-0.2, 0) is 11.3 Å². The average Bonchev–Trinajstić information content (AvgIpc) is 3.20. The van der Waals surface area contributed by atoms with E-state index in [1.54, 1.807) is 6.20 Å². The number of guanidine groups is 1. The molecule has 0 spiro atoms. The number of hydrogen-bond donors (Lipinski definition) is 2. The van der Waals surface area contributed by atoms with Gasteiger partial charge in [0, 0.05) is 38.4 Å². The van der Waals surface area contributed by atoms with E-state index in [2.05, 4.69) is 34.4 Å². The molecule has 1 saturated heterocycles. The Morgan fingerprint density at radius 3 is 3.04 bits per heavy atom. The summed E-state index contributed by atoms with van der Waals surface area (Å²) in [6.45, 7) is 5.24. The molecule has 0 bridgehead atoms. The van der Waals surface area contributed by atoms with Crippen LogP contribution in [0.15, 0.2) is 47.7 Å². The van der Waals surface area contributed by atoms with Crippen molar-refractivity contribution in [3.63, 3.8) is 0 Å². The third-order valence-corrected chi connectivity index (χ3v) is 4.73. The van der Waals surface area contributed by atoms with Crippen molar-refractivity contribution >= 4 is 11.9 Å². The number of carbonyl (C=O) groups is 1. The summed E-state index contributed by atoms with van der Waals surface area (Å²) in [6.07, 6.45) is 6.25. The molecular weight excluding hydrogens is 340 g/mol. The number of rotatable bonds is 6. The maximum Gasteiger partial charge on any atom is 0.217 e. The molecule has 144 valence electrons. The molecule has 1 atom stereocenters. The largest absolute Gasteiger partial charge is 0.370 e. The van der Waals surface area contributed by atoms with Crippen LogP contribution >= 0.6 is 0 Å². The summed E-state index contributed by atoms with van der Waals surface area (Å²) in [5, 5.41) is 7.66. The highest BCUT2D eigenvalue weighted by molar-refractivity contribution is 5.80. The smallest absolute Gasteiger partial charge is 0.217 e.